The summed E-state index contributed by atoms with van der Waals surface area (Å²) >= 11 is 1.89. The highest BCUT2D eigenvalue weighted by molar-refractivity contribution is 8.03. The molecule has 1 aromatic heterocycles. The van der Waals surface area contributed by atoms with Gasteiger partial charge >= 0.3 is 0 Å². The molecule has 61 heavy (non-hydrogen) atoms. The van der Waals surface area contributed by atoms with E-state index in [-0.39, 0.29) is 17.9 Å². The summed E-state index contributed by atoms with van der Waals surface area (Å²) in [5.41, 5.74) is 11.7. The van der Waals surface area contributed by atoms with Crippen molar-refractivity contribution in [3.05, 3.63) is 228 Å². The maximum Gasteiger partial charge on any atom is 0.164 e. The molecule has 4 aliphatic rings. The largest absolute Gasteiger partial charge is 0.333 e. The van der Waals surface area contributed by atoms with Gasteiger partial charge in [0.1, 0.15) is 0 Å². The van der Waals surface area contributed by atoms with Gasteiger partial charge in [-0.25, -0.2) is 15.0 Å². The second-order valence-electron chi connectivity index (χ2n) is 15.9. The first-order valence-electron chi connectivity index (χ1n) is 21.0. The molecule has 12 rings (SSSR count). The molecular weight excluding hydrogens is 763 g/mol. The predicted molar refractivity (Wildman–Crippen MR) is 251 cm³/mol. The highest BCUT2D eigenvalue weighted by atomic mass is 32.2. The summed E-state index contributed by atoms with van der Waals surface area (Å²) in [4.78, 5) is 22.7. The first-order chi connectivity index (χ1) is 30.2. The molecule has 8 aromatic rings. The minimum Gasteiger partial charge on any atom is -0.333 e. The van der Waals surface area contributed by atoms with Gasteiger partial charge in [-0.05, 0) is 70.8 Å². The third-order valence-corrected chi connectivity index (χ3v) is 13.5. The van der Waals surface area contributed by atoms with Crippen LogP contribution in [0.2, 0.25) is 0 Å². The van der Waals surface area contributed by atoms with Crippen molar-refractivity contribution in [3.8, 4) is 34.2 Å². The molecule has 0 N–H and O–H groups in total. The molecule has 3 unspecified atom stereocenters. The standard InChI is InChI=1S/C55H39N5S/c1-4-16-37(17-5-1)53-56-54(38-18-6-2-7-19-38)58-55(57-53)41-20-14-23-43(33-41)60-46-30-28-39(34-45(46)52-44-24-11-10-15-36(44)27-32-49(52)60)40-29-31-48-51(35-40)61-50-26-13-12-25-47(50)59(48)42-21-8-3-9-22-42/h1-28,30-35,40,45-46H,29H2. The summed E-state index contributed by atoms with van der Waals surface area (Å²) in [6, 6.07) is 62.2. The Labute approximate surface area is 359 Å². The quantitative estimate of drug-likeness (QED) is 0.167. The van der Waals surface area contributed by atoms with Gasteiger partial charge in [-0.2, -0.15) is 0 Å². The summed E-state index contributed by atoms with van der Waals surface area (Å²) in [6.45, 7) is 0. The molecule has 2 aliphatic carbocycles. The smallest absolute Gasteiger partial charge is 0.164 e. The fraction of sp³-hybridized carbons (Fsp3) is 0.0727. The number of benzene rings is 7. The van der Waals surface area contributed by atoms with Crippen LogP contribution in [0.25, 0.3) is 44.9 Å². The van der Waals surface area contributed by atoms with E-state index in [1.807, 2.05) is 48.2 Å². The van der Waals surface area contributed by atoms with Crippen molar-refractivity contribution in [1.82, 2.24) is 15.0 Å². The average Bonchev–Trinajstić information content (AvgIpc) is 3.68. The van der Waals surface area contributed by atoms with E-state index >= 15 is 0 Å². The van der Waals surface area contributed by atoms with Gasteiger partial charge in [0.2, 0.25) is 0 Å². The van der Waals surface area contributed by atoms with Crippen molar-refractivity contribution in [2.45, 2.75) is 23.3 Å². The monoisotopic (exact) mass is 801 g/mol. The van der Waals surface area contributed by atoms with E-state index in [2.05, 4.69) is 180 Å². The Morgan fingerprint density at radius 3 is 1.95 bits per heavy atom. The Bertz CT molecular complexity index is 3060. The van der Waals surface area contributed by atoms with Gasteiger partial charge in [-0.1, -0.05) is 176 Å². The van der Waals surface area contributed by atoms with Crippen molar-refractivity contribution >= 4 is 45.3 Å². The maximum absolute atomic E-state index is 5.08. The number of rotatable bonds is 6. The van der Waals surface area contributed by atoms with Crippen LogP contribution in [0.4, 0.5) is 22.7 Å². The Hall–Kier alpha value is -7.28. The number of anilines is 4. The van der Waals surface area contributed by atoms with Crippen LogP contribution in [-0.4, -0.2) is 21.0 Å². The molecule has 0 fully saturated rings. The lowest BCUT2D eigenvalue weighted by atomic mass is 9.81. The summed E-state index contributed by atoms with van der Waals surface area (Å²) in [5, 5.41) is 2.57. The van der Waals surface area contributed by atoms with E-state index in [4.69, 9.17) is 15.0 Å². The zero-order chi connectivity index (χ0) is 40.3. The first kappa shape index (κ1) is 35.6. The van der Waals surface area contributed by atoms with Crippen molar-refractivity contribution in [2.75, 3.05) is 9.80 Å². The molecule has 0 saturated heterocycles. The maximum atomic E-state index is 5.08. The molecule has 2 aliphatic heterocycles. The van der Waals surface area contributed by atoms with E-state index in [0.717, 1.165) is 28.8 Å². The molecule has 5 nitrogen and oxygen atoms in total. The molecule has 6 heteroatoms. The first-order valence-corrected chi connectivity index (χ1v) is 21.8. The number of hydrogen-bond donors (Lipinski definition) is 0. The molecule has 3 atom stereocenters. The predicted octanol–water partition coefficient (Wildman–Crippen LogP) is 13.9. The number of hydrogen-bond acceptors (Lipinski definition) is 6. The normalized spacial score (nSPS) is 18.7. The Balaban J connectivity index is 0.932. The molecule has 3 heterocycles. The van der Waals surface area contributed by atoms with Gasteiger partial charge in [0, 0.05) is 55.4 Å². The minimum absolute atomic E-state index is 0.102. The molecule has 0 spiro atoms. The van der Waals surface area contributed by atoms with E-state index in [0.29, 0.717) is 17.5 Å². The molecule has 7 aromatic carbocycles. The number of nitrogens with zero attached hydrogens (tertiary/aromatic N) is 5. The number of thioether (sulfide) groups is 1. The minimum atomic E-state index is 0.102. The number of aromatic nitrogens is 3. The zero-order valence-corrected chi connectivity index (χ0v) is 34.0. The molecular formula is C55H39N5S. The fourth-order valence-electron chi connectivity index (χ4n) is 9.51. The van der Waals surface area contributed by atoms with Gasteiger partial charge in [-0.3, -0.25) is 0 Å². The van der Waals surface area contributed by atoms with E-state index < -0.39 is 0 Å². The summed E-state index contributed by atoms with van der Waals surface area (Å²) in [5.74, 6) is 2.40. The second-order valence-corrected chi connectivity index (χ2v) is 17.0. The van der Waals surface area contributed by atoms with Crippen LogP contribution in [-0.2, 0) is 0 Å². The highest BCUT2D eigenvalue weighted by Gasteiger charge is 2.40. The Kier molecular flexibility index (Phi) is 8.63. The van der Waals surface area contributed by atoms with Gasteiger partial charge in [0.05, 0.1) is 17.4 Å². The Morgan fingerprint density at radius 2 is 1.18 bits per heavy atom. The molecule has 0 saturated carbocycles. The van der Waals surface area contributed by atoms with Crippen LogP contribution < -0.4 is 9.80 Å². The number of allylic oxidation sites excluding steroid dienone is 4. The summed E-state index contributed by atoms with van der Waals surface area (Å²) in [6.07, 6.45) is 13.3. The summed E-state index contributed by atoms with van der Waals surface area (Å²) < 4.78 is 0. The van der Waals surface area contributed by atoms with Crippen LogP contribution in [0.5, 0.6) is 0 Å². The fourth-order valence-corrected chi connectivity index (χ4v) is 10.7. The lowest BCUT2D eigenvalue weighted by Gasteiger charge is -2.38. The van der Waals surface area contributed by atoms with Crippen LogP contribution in [0, 0.1) is 5.92 Å². The van der Waals surface area contributed by atoms with Crippen LogP contribution >= 0.6 is 11.8 Å². The van der Waals surface area contributed by atoms with E-state index in [1.165, 1.54) is 54.5 Å². The number of fused-ring (bicyclic) bond motifs is 7. The lowest BCUT2D eigenvalue weighted by Crippen LogP contribution is -2.30. The molecule has 290 valence electrons. The SMILES string of the molecule is C1=CC2C(C=C1C1C=C3Sc4ccccc4N(c4ccccc4)C3=CC1)c1c(ccc3ccccc13)N2c1cccc(-c2nc(-c3ccccc3)nc(-c3ccccc3)n2)c1. The van der Waals surface area contributed by atoms with Gasteiger partial charge in [0.25, 0.3) is 0 Å². The average molecular weight is 802 g/mol. The summed E-state index contributed by atoms with van der Waals surface area (Å²) in [7, 11) is 0. The van der Waals surface area contributed by atoms with E-state index in [9.17, 15) is 0 Å². The highest BCUT2D eigenvalue weighted by Crippen LogP contribution is 2.54. The third-order valence-electron chi connectivity index (χ3n) is 12.3. The van der Waals surface area contributed by atoms with E-state index in [1.54, 1.807) is 0 Å². The topological polar surface area (TPSA) is 45.2 Å². The van der Waals surface area contributed by atoms with Crippen LogP contribution in [0.1, 0.15) is 17.9 Å². The third kappa shape index (κ3) is 6.22. The van der Waals surface area contributed by atoms with Crippen molar-refractivity contribution < 1.29 is 0 Å². The van der Waals surface area contributed by atoms with Crippen LogP contribution in [0.3, 0.4) is 0 Å². The zero-order valence-electron chi connectivity index (χ0n) is 33.2. The molecule has 0 amide bonds. The lowest BCUT2D eigenvalue weighted by molar-refractivity contribution is 0.701. The molecule has 0 bridgehead atoms. The number of para-hydroxylation sites is 2. The Morgan fingerprint density at radius 1 is 0.541 bits per heavy atom. The van der Waals surface area contributed by atoms with Crippen molar-refractivity contribution in [1.29, 1.82) is 0 Å². The van der Waals surface area contributed by atoms with Gasteiger partial charge < -0.3 is 9.80 Å². The van der Waals surface area contributed by atoms with Gasteiger partial charge in [-0.15, -0.1) is 0 Å². The van der Waals surface area contributed by atoms with Crippen molar-refractivity contribution in [3.63, 3.8) is 0 Å². The van der Waals surface area contributed by atoms with Crippen molar-refractivity contribution in [2.24, 2.45) is 5.92 Å². The van der Waals surface area contributed by atoms with Crippen LogP contribution in [0.15, 0.2) is 227 Å². The van der Waals surface area contributed by atoms with Gasteiger partial charge in [0.15, 0.2) is 17.5 Å². The second kappa shape index (κ2) is 14.8. The molecule has 0 radical (unpaired) electrons.